The van der Waals surface area contributed by atoms with Crippen LogP contribution in [0, 0.1) is 11.3 Å². The van der Waals surface area contributed by atoms with Gasteiger partial charge in [0.05, 0.1) is 11.2 Å². The molecule has 0 amide bonds. The smallest absolute Gasteiger partial charge is 0.0974 e. The van der Waals surface area contributed by atoms with Gasteiger partial charge in [-0.25, -0.2) is 0 Å². The number of hydrogen-bond donors (Lipinski definition) is 1. The molecule has 2 N–H and O–H groups in total. The number of rotatable bonds is 1. The molecule has 1 saturated heterocycles. The van der Waals surface area contributed by atoms with Crippen LogP contribution in [0.5, 0.6) is 0 Å². The maximum atomic E-state index is 7.27. The Morgan fingerprint density at radius 2 is 1.87 bits per heavy atom. The predicted octanol–water partition coefficient (Wildman–Crippen LogP) is 6.41. The van der Waals surface area contributed by atoms with E-state index in [9.17, 15) is 0 Å². The Hall–Kier alpha value is -1.90. The Morgan fingerprint density at radius 3 is 2.77 bits per heavy atom. The first-order chi connectivity index (χ1) is 15.0. The summed E-state index contributed by atoms with van der Waals surface area (Å²) in [5.41, 5.74) is 11.1. The molecule has 0 aromatic heterocycles. The lowest BCUT2D eigenvalue weighted by Gasteiger charge is -2.54. The van der Waals surface area contributed by atoms with E-state index < -0.39 is 0 Å². The summed E-state index contributed by atoms with van der Waals surface area (Å²) in [5, 5.41) is 2.71. The van der Waals surface area contributed by atoms with Crippen molar-refractivity contribution in [2.45, 2.75) is 81.5 Å². The molecule has 3 aliphatic carbocycles. The van der Waals surface area contributed by atoms with Crippen molar-refractivity contribution in [1.82, 2.24) is 0 Å². The molecule has 5 aliphatic rings. The number of hydrogen-bond acceptors (Lipinski definition) is 2. The molecule has 2 heterocycles. The van der Waals surface area contributed by atoms with Crippen molar-refractivity contribution in [3.05, 3.63) is 71.3 Å². The van der Waals surface area contributed by atoms with Crippen molar-refractivity contribution in [3.8, 4) is 0 Å². The zero-order valence-corrected chi connectivity index (χ0v) is 18.6. The molecule has 7 rings (SSSR count). The van der Waals surface area contributed by atoms with Crippen molar-refractivity contribution in [2.75, 3.05) is 0 Å². The molecule has 31 heavy (non-hydrogen) atoms. The normalized spacial score (nSPS) is 43.1. The van der Waals surface area contributed by atoms with E-state index in [4.69, 9.17) is 10.5 Å². The maximum Gasteiger partial charge on any atom is 0.0974 e. The Morgan fingerprint density at radius 1 is 1.00 bits per heavy atom. The third-order valence-corrected chi connectivity index (χ3v) is 9.89. The highest BCUT2D eigenvalue weighted by Gasteiger charge is 2.66. The Kier molecular flexibility index (Phi) is 3.68. The van der Waals surface area contributed by atoms with Gasteiger partial charge in [-0.1, -0.05) is 61.5 Å². The van der Waals surface area contributed by atoms with Crippen molar-refractivity contribution in [2.24, 2.45) is 17.1 Å². The van der Waals surface area contributed by atoms with Crippen LogP contribution in [0.2, 0.25) is 0 Å². The van der Waals surface area contributed by atoms with Crippen LogP contribution in [0.4, 0.5) is 0 Å². The van der Waals surface area contributed by atoms with Crippen molar-refractivity contribution < 1.29 is 4.74 Å². The first-order valence-electron chi connectivity index (χ1n) is 12.4. The second kappa shape index (κ2) is 6.11. The lowest BCUT2D eigenvalue weighted by molar-refractivity contribution is -0.135. The third-order valence-electron chi connectivity index (χ3n) is 9.89. The summed E-state index contributed by atoms with van der Waals surface area (Å²) in [7, 11) is 0. The van der Waals surface area contributed by atoms with Crippen LogP contribution in [0.15, 0.2) is 65.8 Å². The van der Waals surface area contributed by atoms with Gasteiger partial charge in [-0.05, 0) is 96.1 Å². The van der Waals surface area contributed by atoms with E-state index in [2.05, 4.69) is 61.5 Å². The summed E-state index contributed by atoms with van der Waals surface area (Å²) < 4.78 is 7.27. The molecule has 2 saturated carbocycles. The summed E-state index contributed by atoms with van der Waals surface area (Å²) in [4.78, 5) is 0. The molecular weight excluding hydrogens is 378 g/mol. The van der Waals surface area contributed by atoms with Gasteiger partial charge in [-0.2, -0.15) is 0 Å². The van der Waals surface area contributed by atoms with Gasteiger partial charge in [-0.3, -0.25) is 0 Å². The molecule has 2 aromatic rings. The van der Waals surface area contributed by atoms with E-state index in [0.29, 0.717) is 17.9 Å². The molecule has 160 valence electrons. The molecule has 3 fully saturated rings. The lowest BCUT2D eigenvalue weighted by atomic mass is 9.58. The number of nitrogens with two attached hydrogens (primary N) is 1. The van der Waals surface area contributed by atoms with Crippen LogP contribution in [-0.2, 0) is 4.74 Å². The molecule has 2 aliphatic heterocycles. The summed E-state index contributed by atoms with van der Waals surface area (Å²) in [5.74, 6) is 1.21. The maximum absolute atomic E-state index is 7.27. The van der Waals surface area contributed by atoms with Crippen molar-refractivity contribution >= 4 is 10.8 Å². The van der Waals surface area contributed by atoms with Gasteiger partial charge in [-0.15, -0.1) is 0 Å². The summed E-state index contributed by atoms with van der Waals surface area (Å²) in [6, 6.07) is 16.2. The molecular formula is C29H33NO. The average Bonchev–Trinajstić information content (AvgIpc) is 3.28. The minimum absolute atomic E-state index is 0.0612. The summed E-state index contributed by atoms with van der Waals surface area (Å²) in [6.45, 7) is 2.56. The largest absolute Gasteiger partial charge is 0.359 e. The van der Waals surface area contributed by atoms with Gasteiger partial charge in [0.2, 0.25) is 0 Å². The van der Waals surface area contributed by atoms with E-state index in [-0.39, 0.29) is 16.6 Å². The molecule has 2 aromatic carbocycles. The Balaban J connectivity index is 1.31. The van der Waals surface area contributed by atoms with E-state index in [0.717, 1.165) is 25.7 Å². The van der Waals surface area contributed by atoms with Crippen LogP contribution in [0.3, 0.4) is 0 Å². The van der Waals surface area contributed by atoms with Gasteiger partial charge in [0.1, 0.15) is 0 Å². The minimum atomic E-state index is -0.0703. The van der Waals surface area contributed by atoms with Crippen LogP contribution in [0.25, 0.3) is 10.8 Å². The highest BCUT2D eigenvalue weighted by atomic mass is 16.5. The Labute approximate surface area is 185 Å². The van der Waals surface area contributed by atoms with E-state index >= 15 is 0 Å². The Bertz CT molecular complexity index is 1150. The first-order valence-corrected chi connectivity index (χ1v) is 12.4. The predicted molar refractivity (Wildman–Crippen MR) is 126 cm³/mol. The van der Waals surface area contributed by atoms with E-state index in [1.807, 2.05) is 0 Å². The van der Waals surface area contributed by atoms with Gasteiger partial charge < -0.3 is 10.5 Å². The molecule has 6 atom stereocenters. The van der Waals surface area contributed by atoms with Crippen molar-refractivity contribution in [1.29, 1.82) is 0 Å². The topological polar surface area (TPSA) is 35.2 Å². The molecule has 2 heteroatoms. The quantitative estimate of drug-likeness (QED) is 0.588. The zero-order chi connectivity index (χ0) is 20.8. The number of benzene rings is 2. The van der Waals surface area contributed by atoms with Crippen LogP contribution >= 0.6 is 0 Å². The van der Waals surface area contributed by atoms with Gasteiger partial charge >= 0.3 is 0 Å². The number of ether oxygens (including phenoxy) is 1. The molecule has 2 bridgehead atoms. The van der Waals surface area contributed by atoms with Crippen LogP contribution < -0.4 is 5.73 Å². The lowest BCUT2D eigenvalue weighted by Crippen LogP contribution is -2.54. The van der Waals surface area contributed by atoms with E-state index in [1.165, 1.54) is 47.6 Å². The third kappa shape index (κ3) is 2.36. The van der Waals surface area contributed by atoms with Crippen molar-refractivity contribution in [3.63, 3.8) is 0 Å². The first kappa shape index (κ1) is 18.7. The fourth-order valence-electron chi connectivity index (χ4n) is 8.42. The van der Waals surface area contributed by atoms with Crippen LogP contribution in [0.1, 0.15) is 69.8 Å². The SMILES string of the molecule is C[C@]12CC=C3C=C4CC[C@H](N)C[C@]45CC[C@]3(O5)[C@@H]1CC[C@@H]2c1ccc2ccccc2c1. The number of fused-ring (bicyclic) bond motifs is 2. The second-order valence-electron chi connectivity index (χ2n) is 11.3. The standard InChI is InChI=1S/C29H33NO/c1-27-13-12-23-17-22-8-9-24(30)18-28(22)14-15-29(23,31-28)26(27)11-10-25(27)21-7-6-19-4-2-3-5-20(19)16-21/h2-7,12,16-17,24-26H,8-11,13-15,18,30H2,1H3/t24-,25+,26+,27+,28+,29+/m0/s1. The molecule has 2 nitrogen and oxygen atoms in total. The second-order valence-corrected chi connectivity index (χ2v) is 11.3. The van der Waals surface area contributed by atoms with Gasteiger partial charge in [0.25, 0.3) is 0 Å². The fraction of sp³-hybridized carbons (Fsp3) is 0.517. The molecule has 2 spiro atoms. The fourth-order valence-corrected chi connectivity index (χ4v) is 8.42. The minimum Gasteiger partial charge on any atom is -0.359 e. The van der Waals surface area contributed by atoms with E-state index in [1.54, 1.807) is 5.57 Å². The van der Waals surface area contributed by atoms with Gasteiger partial charge in [0.15, 0.2) is 0 Å². The van der Waals surface area contributed by atoms with Crippen LogP contribution in [-0.4, -0.2) is 17.2 Å². The average molecular weight is 412 g/mol. The monoisotopic (exact) mass is 411 g/mol. The van der Waals surface area contributed by atoms with Gasteiger partial charge in [0, 0.05) is 6.04 Å². The zero-order valence-electron chi connectivity index (χ0n) is 18.6. The highest BCUT2D eigenvalue weighted by Crippen LogP contribution is 2.69. The number of allylic oxidation sites excluding steroid dienone is 1. The summed E-state index contributed by atoms with van der Waals surface area (Å²) >= 11 is 0. The molecule has 0 unspecified atom stereocenters. The highest BCUT2D eigenvalue weighted by molar-refractivity contribution is 5.83. The summed E-state index contributed by atoms with van der Waals surface area (Å²) in [6.07, 6.45) is 14.4. The molecule has 0 radical (unpaired) electrons.